The largest absolute Gasteiger partial charge is 0.430 e. The number of anilines is 1. The minimum absolute atomic E-state index is 0.112. The molecule has 0 bridgehead atoms. The molecule has 6 nitrogen and oxygen atoms in total. The summed E-state index contributed by atoms with van der Waals surface area (Å²) >= 11 is 6.27. The van der Waals surface area contributed by atoms with Gasteiger partial charge in [-0.1, -0.05) is 41.9 Å². The number of nitrogens with one attached hydrogen (secondary N) is 1. The molecule has 0 aromatic heterocycles. The van der Waals surface area contributed by atoms with E-state index in [0.717, 1.165) is 55.1 Å². The number of benzene rings is 2. The zero-order valence-electron chi connectivity index (χ0n) is 20.3. The summed E-state index contributed by atoms with van der Waals surface area (Å²) in [4.78, 5) is 27.7. The lowest BCUT2D eigenvalue weighted by molar-refractivity contribution is -0.261. The Kier molecular flexibility index (Phi) is 8.89. The van der Waals surface area contributed by atoms with Crippen LogP contribution in [0.15, 0.2) is 48.5 Å². The van der Waals surface area contributed by atoms with Crippen molar-refractivity contribution in [2.24, 2.45) is 5.92 Å². The zero-order valence-corrected chi connectivity index (χ0v) is 21.1. The number of hydrogen-bond acceptors (Lipinski definition) is 4. The molecule has 1 aliphatic heterocycles. The first-order chi connectivity index (χ1) is 17.0. The van der Waals surface area contributed by atoms with Gasteiger partial charge in [-0.05, 0) is 49.8 Å². The van der Waals surface area contributed by atoms with Gasteiger partial charge in [0, 0.05) is 45.0 Å². The summed E-state index contributed by atoms with van der Waals surface area (Å²) in [5.41, 5.74) is -2.72. The number of aliphatic hydroxyl groups is 1. The van der Waals surface area contributed by atoms with Gasteiger partial charge in [0.1, 0.15) is 0 Å². The Balaban J connectivity index is 1.52. The van der Waals surface area contributed by atoms with Crippen molar-refractivity contribution in [1.29, 1.82) is 0 Å². The number of carbonyl (C=O) groups excluding carboxylic acids is 2. The van der Waals surface area contributed by atoms with Crippen molar-refractivity contribution in [1.82, 2.24) is 10.2 Å². The number of halogens is 4. The maximum Gasteiger partial charge on any atom is 0.430 e. The van der Waals surface area contributed by atoms with Gasteiger partial charge in [-0.15, -0.1) is 0 Å². The predicted octanol–water partition coefficient (Wildman–Crippen LogP) is 4.60. The van der Waals surface area contributed by atoms with Gasteiger partial charge in [0.15, 0.2) is 0 Å². The minimum Gasteiger partial charge on any atom is -0.371 e. The molecule has 2 aromatic carbocycles. The summed E-state index contributed by atoms with van der Waals surface area (Å²) in [6, 6.07) is 11.8. The van der Waals surface area contributed by atoms with Gasteiger partial charge < -0.3 is 20.2 Å². The molecule has 0 spiro atoms. The van der Waals surface area contributed by atoms with Crippen LogP contribution in [0.5, 0.6) is 0 Å². The Morgan fingerprint density at radius 1 is 1.14 bits per heavy atom. The minimum atomic E-state index is -5.14. The van der Waals surface area contributed by atoms with Crippen LogP contribution in [0, 0.1) is 5.92 Å². The monoisotopic (exact) mass is 525 g/mol. The zero-order chi connectivity index (χ0) is 26.5. The number of carbonyl (C=O) groups is 2. The molecule has 2 amide bonds. The van der Waals surface area contributed by atoms with Gasteiger partial charge in [-0.3, -0.25) is 9.59 Å². The first-order valence-electron chi connectivity index (χ1n) is 11.9. The summed E-state index contributed by atoms with van der Waals surface area (Å²) in [6.07, 6.45) is -2.07. The van der Waals surface area contributed by atoms with E-state index in [1.54, 1.807) is 19.2 Å². The molecule has 196 valence electrons. The third-order valence-corrected chi connectivity index (χ3v) is 7.08. The Bertz CT molecular complexity index is 1060. The lowest BCUT2D eigenvalue weighted by Gasteiger charge is -2.35. The van der Waals surface area contributed by atoms with E-state index in [4.69, 9.17) is 11.6 Å². The van der Waals surface area contributed by atoms with Crippen molar-refractivity contribution in [2.75, 3.05) is 38.6 Å². The summed E-state index contributed by atoms with van der Waals surface area (Å²) in [7, 11) is 2.83. The smallest absolute Gasteiger partial charge is 0.371 e. The topological polar surface area (TPSA) is 72.9 Å². The highest BCUT2D eigenvalue weighted by Gasteiger charge is 2.61. The van der Waals surface area contributed by atoms with E-state index in [0.29, 0.717) is 22.9 Å². The van der Waals surface area contributed by atoms with E-state index >= 15 is 0 Å². The van der Waals surface area contributed by atoms with Crippen LogP contribution in [-0.2, 0) is 10.4 Å². The van der Waals surface area contributed by atoms with E-state index in [-0.39, 0.29) is 12.5 Å². The summed E-state index contributed by atoms with van der Waals surface area (Å²) in [5.74, 6) is -1.25. The Hall–Kier alpha value is -2.78. The summed E-state index contributed by atoms with van der Waals surface area (Å²) < 4.78 is 41.3. The number of hydrogen-bond donors (Lipinski definition) is 2. The van der Waals surface area contributed by atoms with Gasteiger partial charge in [0.25, 0.3) is 17.4 Å². The molecule has 1 fully saturated rings. The molecular weight excluding hydrogens is 495 g/mol. The number of alkyl halides is 3. The fourth-order valence-corrected chi connectivity index (χ4v) is 4.84. The maximum absolute atomic E-state index is 13.8. The number of amides is 2. The second-order valence-electron chi connectivity index (χ2n) is 9.12. The average molecular weight is 526 g/mol. The van der Waals surface area contributed by atoms with Crippen LogP contribution in [0.4, 0.5) is 18.9 Å². The fraction of sp³-hybridized carbons (Fsp3) is 0.462. The van der Waals surface area contributed by atoms with Gasteiger partial charge >= 0.3 is 6.18 Å². The number of likely N-dealkylation sites (N-methyl/N-ethyl adjacent to an activating group) is 1. The predicted molar refractivity (Wildman–Crippen MR) is 133 cm³/mol. The lowest BCUT2D eigenvalue weighted by Crippen LogP contribution is -2.55. The first-order valence-corrected chi connectivity index (χ1v) is 12.2. The second kappa shape index (κ2) is 11.5. The Morgan fingerprint density at radius 3 is 2.33 bits per heavy atom. The van der Waals surface area contributed by atoms with Gasteiger partial charge in [-0.25, -0.2) is 0 Å². The van der Waals surface area contributed by atoms with Crippen LogP contribution in [0.3, 0.4) is 0 Å². The highest BCUT2D eigenvalue weighted by Crippen LogP contribution is 2.40. The van der Waals surface area contributed by atoms with Crippen molar-refractivity contribution in [2.45, 2.75) is 37.5 Å². The molecule has 2 N–H and O–H groups in total. The molecule has 1 saturated heterocycles. The highest BCUT2D eigenvalue weighted by atomic mass is 35.5. The standard InChI is InChI=1S/C26H31ClF3N3O3/c1-31-23(34)21-11-10-20(17-22(21)27)33-15-12-18(13-16-33)7-6-14-32(2)24(35)25(36,26(28,29)30)19-8-4-3-5-9-19/h3-5,8-11,17-18,36H,6-7,12-16H2,1-2H3,(H,31,34). The molecule has 10 heteroatoms. The summed E-state index contributed by atoms with van der Waals surface area (Å²) in [6.45, 7) is 1.69. The van der Waals surface area contributed by atoms with Crippen LogP contribution in [0.1, 0.15) is 41.6 Å². The molecular formula is C26H31ClF3N3O3. The highest BCUT2D eigenvalue weighted by molar-refractivity contribution is 6.34. The van der Waals surface area contributed by atoms with Gasteiger partial charge in [-0.2, -0.15) is 13.2 Å². The SMILES string of the molecule is CNC(=O)c1ccc(N2CCC(CCCN(C)C(=O)C(O)(c3ccccc3)C(F)(F)F)CC2)cc1Cl. The lowest BCUT2D eigenvalue weighted by atomic mass is 9.90. The second-order valence-corrected chi connectivity index (χ2v) is 9.52. The molecule has 2 aromatic rings. The van der Waals surface area contributed by atoms with E-state index in [1.807, 2.05) is 6.07 Å². The van der Waals surface area contributed by atoms with Crippen molar-refractivity contribution < 1.29 is 27.9 Å². The molecule has 3 rings (SSSR count). The van der Waals surface area contributed by atoms with Crippen LogP contribution in [-0.4, -0.2) is 61.7 Å². The molecule has 1 unspecified atom stereocenters. The third kappa shape index (κ3) is 5.95. The number of rotatable bonds is 8. The molecule has 0 saturated carbocycles. The Labute approximate surface area is 214 Å². The molecule has 1 atom stereocenters. The van der Waals surface area contributed by atoms with E-state index in [2.05, 4.69) is 10.2 Å². The van der Waals surface area contributed by atoms with Crippen LogP contribution < -0.4 is 10.2 Å². The quantitative estimate of drug-likeness (QED) is 0.528. The van der Waals surface area contributed by atoms with Crippen molar-refractivity contribution in [3.63, 3.8) is 0 Å². The number of nitrogens with zero attached hydrogens (tertiary/aromatic N) is 2. The Morgan fingerprint density at radius 2 is 1.78 bits per heavy atom. The third-order valence-electron chi connectivity index (χ3n) is 6.77. The van der Waals surface area contributed by atoms with Gasteiger partial charge in [0.05, 0.1) is 10.6 Å². The molecule has 0 aliphatic carbocycles. The van der Waals surface area contributed by atoms with E-state index in [9.17, 15) is 27.9 Å². The van der Waals surface area contributed by atoms with Crippen LogP contribution in [0.2, 0.25) is 5.02 Å². The van der Waals surface area contributed by atoms with Crippen molar-refractivity contribution >= 4 is 29.1 Å². The first kappa shape index (κ1) is 27.8. The normalized spacial score (nSPS) is 16.4. The fourth-order valence-electron chi connectivity index (χ4n) is 4.58. The van der Waals surface area contributed by atoms with Gasteiger partial charge in [0.2, 0.25) is 0 Å². The molecule has 36 heavy (non-hydrogen) atoms. The van der Waals surface area contributed by atoms with E-state index in [1.165, 1.54) is 25.2 Å². The van der Waals surface area contributed by atoms with Crippen LogP contribution in [0.25, 0.3) is 0 Å². The van der Waals surface area contributed by atoms with E-state index < -0.39 is 23.2 Å². The maximum atomic E-state index is 13.8. The number of piperidine rings is 1. The molecule has 0 radical (unpaired) electrons. The van der Waals surface area contributed by atoms with Crippen molar-refractivity contribution in [3.8, 4) is 0 Å². The molecule has 1 heterocycles. The summed E-state index contributed by atoms with van der Waals surface area (Å²) in [5, 5.41) is 13.4. The average Bonchev–Trinajstić information content (AvgIpc) is 2.87. The van der Waals surface area contributed by atoms with Crippen molar-refractivity contribution in [3.05, 3.63) is 64.7 Å². The van der Waals surface area contributed by atoms with Crippen LogP contribution >= 0.6 is 11.6 Å². The molecule has 1 aliphatic rings.